The fourth-order valence-corrected chi connectivity index (χ4v) is 8.18. The highest BCUT2D eigenvalue weighted by Crippen LogP contribution is 2.60. The number of methoxy groups -OCH3 is 1. The number of nitrogens with zero attached hydrogens (tertiary/aromatic N) is 2. The highest BCUT2D eigenvalue weighted by atomic mass is 32.1. The summed E-state index contributed by atoms with van der Waals surface area (Å²) >= 11 is 1.44. The predicted molar refractivity (Wildman–Crippen MR) is 120 cm³/mol. The van der Waals surface area contributed by atoms with Crippen LogP contribution in [0.15, 0.2) is 18.2 Å². The minimum atomic E-state index is -0.380. The van der Waals surface area contributed by atoms with E-state index in [0.29, 0.717) is 17.4 Å². The van der Waals surface area contributed by atoms with Crippen LogP contribution in [-0.4, -0.2) is 41.4 Å². The Kier molecular flexibility index (Phi) is 4.53. The molecule has 0 spiro atoms. The number of anilines is 1. The second-order valence-electron chi connectivity index (χ2n) is 10.2. The van der Waals surface area contributed by atoms with E-state index in [2.05, 4.69) is 10.3 Å². The molecule has 7 heteroatoms. The van der Waals surface area contributed by atoms with Crippen molar-refractivity contribution < 1.29 is 14.3 Å². The normalized spacial score (nSPS) is 33.8. The number of benzene rings is 1. The molecule has 1 aromatic heterocycles. The third-order valence-corrected chi connectivity index (χ3v) is 9.08. The molecule has 4 saturated carbocycles. The average Bonchev–Trinajstić information content (AvgIpc) is 3.38. The number of nitrogens with one attached hydrogen (secondary N) is 1. The van der Waals surface area contributed by atoms with Crippen molar-refractivity contribution in [1.82, 2.24) is 9.88 Å². The van der Waals surface area contributed by atoms with Crippen LogP contribution >= 0.6 is 11.3 Å². The number of carbonyl (C=O) groups excluding carboxylic acids is 2. The topological polar surface area (TPSA) is 71.5 Å². The summed E-state index contributed by atoms with van der Waals surface area (Å²) in [5, 5.41) is 3.57. The van der Waals surface area contributed by atoms with Gasteiger partial charge in [0.25, 0.3) is 0 Å². The highest BCUT2D eigenvalue weighted by Gasteiger charge is 2.56. The molecule has 164 valence electrons. The smallest absolute Gasteiger partial charge is 0.248 e. The van der Waals surface area contributed by atoms with Crippen LogP contribution in [0.4, 0.5) is 5.13 Å². The van der Waals surface area contributed by atoms with Crippen molar-refractivity contribution in [2.75, 3.05) is 19.0 Å². The van der Waals surface area contributed by atoms with Gasteiger partial charge in [-0.05, 0) is 81.3 Å². The van der Waals surface area contributed by atoms with E-state index >= 15 is 0 Å². The van der Waals surface area contributed by atoms with Gasteiger partial charge in [-0.3, -0.25) is 9.59 Å². The molecule has 2 heterocycles. The number of fused-ring (bicyclic) bond motifs is 1. The molecule has 7 rings (SSSR count). The van der Waals surface area contributed by atoms with Crippen LogP contribution in [0.3, 0.4) is 0 Å². The first kappa shape index (κ1) is 19.5. The van der Waals surface area contributed by atoms with Crippen LogP contribution in [0.25, 0.3) is 10.2 Å². The summed E-state index contributed by atoms with van der Waals surface area (Å²) in [5.41, 5.74) is 0.569. The number of hydrogen-bond acceptors (Lipinski definition) is 5. The van der Waals surface area contributed by atoms with Crippen LogP contribution in [-0.2, 0) is 9.59 Å². The minimum absolute atomic E-state index is 0.103. The lowest BCUT2D eigenvalue weighted by atomic mass is 9.49. The van der Waals surface area contributed by atoms with Crippen molar-refractivity contribution >= 4 is 38.5 Å². The van der Waals surface area contributed by atoms with Crippen LogP contribution in [0.2, 0.25) is 0 Å². The molecule has 1 aliphatic heterocycles. The Labute approximate surface area is 186 Å². The molecule has 2 amide bonds. The first-order valence-corrected chi connectivity index (χ1v) is 12.4. The van der Waals surface area contributed by atoms with Crippen molar-refractivity contribution in [1.29, 1.82) is 0 Å². The SMILES string of the molecule is COc1cccc2sc(NC(=O)C3CCCN3C(=O)C34CC5CC(CC(C5)C3)C4)nc12. The van der Waals surface area contributed by atoms with Gasteiger partial charge in [-0.25, -0.2) is 4.98 Å². The number of hydrogen-bond donors (Lipinski definition) is 1. The third-order valence-electron chi connectivity index (χ3n) is 8.14. The number of amides is 2. The summed E-state index contributed by atoms with van der Waals surface area (Å²) in [4.78, 5) is 33.5. The maximum atomic E-state index is 13.8. The number of para-hydroxylation sites is 1. The van der Waals surface area contributed by atoms with E-state index in [4.69, 9.17) is 4.74 Å². The monoisotopic (exact) mass is 439 g/mol. The second kappa shape index (κ2) is 7.19. The van der Waals surface area contributed by atoms with E-state index in [1.54, 1.807) is 7.11 Å². The zero-order valence-corrected chi connectivity index (χ0v) is 18.7. The first-order valence-electron chi connectivity index (χ1n) is 11.6. The standard InChI is InChI=1S/C24H29N3O3S/c1-30-18-5-2-6-19-20(18)25-23(31-19)26-21(28)17-4-3-7-27(17)22(29)24-11-14-8-15(12-24)10-16(9-14)13-24/h2,5-6,14-17H,3-4,7-13H2,1H3,(H,25,26,28). The van der Waals surface area contributed by atoms with Gasteiger partial charge in [0.1, 0.15) is 17.3 Å². The summed E-state index contributed by atoms with van der Waals surface area (Å²) in [6.45, 7) is 0.701. The minimum Gasteiger partial charge on any atom is -0.494 e. The van der Waals surface area contributed by atoms with Gasteiger partial charge in [-0.2, -0.15) is 0 Å². The van der Waals surface area contributed by atoms with E-state index in [1.807, 2.05) is 23.1 Å². The lowest BCUT2D eigenvalue weighted by molar-refractivity contribution is -0.160. The van der Waals surface area contributed by atoms with Crippen LogP contribution in [0.5, 0.6) is 5.75 Å². The van der Waals surface area contributed by atoms with E-state index in [-0.39, 0.29) is 23.3 Å². The molecular weight excluding hydrogens is 410 g/mol. The molecule has 6 nitrogen and oxygen atoms in total. The van der Waals surface area contributed by atoms with Gasteiger partial charge in [0.05, 0.1) is 17.2 Å². The fourth-order valence-electron chi connectivity index (χ4n) is 7.29. The number of likely N-dealkylation sites (tertiary alicyclic amines) is 1. The van der Waals surface area contributed by atoms with Crippen LogP contribution < -0.4 is 10.1 Å². The second-order valence-corrected chi connectivity index (χ2v) is 11.2. The van der Waals surface area contributed by atoms with Gasteiger partial charge in [0.2, 0.25) is 11.8 Å². The summed E-state index contributed by atoms with van der Waals surface area (Å²) in [7, 11) is 1.62. The molecule has 1 N–H and O–H groups in total. The molecule has 1 atom stereocenters. The maximum Gasteiger partial charge on any atom is 0.248 e. The summed E-state index contributed by atoms with van der Waals surface area (Å²) < 4.78 is 6.36. The molecule has 1 saturated heterocycles. The molecule has 31 heavy (non-hydrogen) atoms. The summed E-state index contributed by atoms with van der Waals surface area (Å²) in [6, 6.07) is 5.39. The summed E-state index contributed by atoms with van der Waals surface area (Å²) in [5.74, 6) is 3.03. The largest absolute Gasteiger partial charge is 0.494 e. The molecule has 1 aromatic carbocycles. The van der Waals surface area contributed by atoms with E-state index in [0.717, 1.165) is 60.1 Å². The van der Waals surface area contributed by atoms with Gasteiger partial charge in [-0.1, -0.05) is 17.4 Å². The molecule has 4 bridgehead atoms. The highest BCUT2D eigenvalue weighted by molar-refractivity contribution is 7.22. The zero-order valence-electron chi connectivity index (χ0n) is 17.9. The Balaban J connectivity index is 1.21. The molecule has 5 fully saturated rings. The van der Waals surface area contributed by atoms with Crippen molar-refractivity contribution in [2.24, 2.45) is 23.2 Å². The number of aromatic nitrogens is 1. The molecule has 5 aliphatic rings. The Morgan fingerprint density at radius 1 is 1.16 bits per heavy atom. The van der Waals surface area contributed by atoms with E-state index in [9.17, 15) is 9.59 Å². The van der Waals surface area contributed by atoms with Crippen LogP contribution in [0.1, 0.15) is 51.4 Å². The van der Waals surface area contributed by atoms with Crippen molar-refractivity contribution in [2.45, 2.75) is 57.4 Å². The van der Waals surface area contributed by atoms with Gasteiger partial charge in [-0.15, -0.1) is 0 Å². The van der Waals surface area contributed by atoms with Crippen molar-refractivity contribution in [3.8, 4) is 5.75 Å². The molecule has 4 aliphatic carbocycles. The quantitative estimate of drug-likeness (QED) is 0.764. The Hall–Kier alpha value is -2.15. The zero-order chi connectivity index (χ0) is 21.2. The van der Waals surface area contributed by atoms with Gasteiger partial charge >= 0.3 is 0 Å². The summed E-state index contributed by atoms with van der Waals surface area (Å²) in [6.07, 6.45) is 8.70. The molecule has 2 aromatic rings. The van der Waals surface area contributed by atoms with E-state index < -0.39 is 0 Å². The lowest BCUT2D eigenvalue weighted by Crippen LogP contribution is -2.56. The Morgan fingerprint density at radius 3 is 2.55 bits per heavy atom. The fraction of sp³-hybridized carbons (Fsp3) is 0.625. The number of thiazole rings is 1. The molecular formula is C24H29N3O3S. The van der Waals surface area contributed by atoms with Crippen LogP contribution in [0, 0.1) is 23.2 Å². The van der Waals surface area contributed by atoms with Crippen molar-refractivity contribution in [3.63, 3.8) is 0 Å². The molecule has 1 unspecified atom stereocenters. The molecule has 0 radical (unpaired) electrons. The van der Waals surface area contributed by atoms with Crippen molar-refractivity contribution in [3.05, 3.63) is 18.2 Å². The van der Waals surface area contributed by atoms with Gasteiger partial charge in [0.15, 0.2) is 5.13 Å². The first-order chi connectivity index (χ1) is 15.0. The number of carbonyl (C=O) groups is 2. The Morgan fingerprint density at radius 2 is 1.87 bits per heavy atom. The average molecular weight is 440 g/mol. The van der Waals surface area contributed by atoms with Gasteiger partial charge < -0.3 is 15.0 Å². The predicted octanol–water partition coefficient (Wildman–Crippen LogP) is 4.45. The third kappa shape index (κ3) is 3.15. The maximum absolute atomic E-state index is 13.8. The van der Waals surface area contributed by atoms with E-state index in [1.165, 1.54) is 30.6 Å². The Bertz CT molecular complexity index is 1010. The lowest BCUT2D eigenvalue weighted by Gasteiger charge is -2.56. The number of ether oxygens (including phenoxy) is 1. The van der Waals surface area contributed by atoms with Gasteiger partial charge in [0, 0.05) is 6.54 Å². The number of rotatable bonds is 4.